The molecule has 3 rings (SSSR count). The smallest absolute Gasteiger partial charge is 0.351 e. The molecule has 10 nitrogen and oxygen atoms in total. The molecule has 2 aliphatic rings. The van der Waals surface area contributed by atoms with E-state index < -0.39 is 24.7 Å². The first-order valence-electron chi connectivity index (χ1n) is 11.4. The molecule has 182 valence electrons. The van der Waals surface area contributed by atoms with Crippen molar-refractivity contribution in [3.8, 4) is 0 Å². The lowest BCUT2D eigenvalue weighted by Gasteiger charge is -2.46. The second-order valence-corrected chi connectivity index (χ2v) is 9.47. The Kier molecular flexibility index (Phi) is 8.29. The van der Waals surface area contributed by atoms with Gasteiger partial charge in [0, 0.05) is 12.7 Å². The maximum atomic E-state index is 12.5. The van der Waals surface area contributed by atoms with E-state index in [1.807, 2.05) is 32.8 Å². The van der Waals surface area contributed by atoms with Crippen LogP contribution in [0.4, 0.5) is 5.82 Å². The molecule has 0 aromatic carbocycles. The normalized spacial score (nSPS) is 35.9. The molecular weight excluding hydrogens is 416 g/mol. The Hall–Kier alpha value is -1.56. The van der Waals surface area contributed by atoms with Crippen LogP contribution < -0.4 is 11.0 Å². The van der Waals surface area contributed by atoms with Crippen molar-refractivity contribution in [1.29, 1.82) is 0 Å². The van der Waals surface area contributed by atoms with Crippen molar-refractivity contribution in [3.05, 3.63) is 22.7 Å². The lowest BCUT2D eigenvalue weighted by molar-refractivity contribution is -0.310. The van der Waals surface area contributed by atoms with Crippen molar-refractivity contribution in [2.45, 2.75) is 89.6 Å². The zero-order chi connectivity index (χ0) is 23.6. The first kappa shape index (κ1) is 25.1. The SMILES string of the molecule is CC(C)CNc1ccn(C2CCC(OC3OC(C)C(N(C)C)C(O)C3O)C(C)O2)c(=O)n1. The van der Waals surface area contributed by atoms with Gasteiger partial charge in [0.15, 0.2) is 6.29 Å². The molecule has 2 saturated heterocycles. The molecule has 0 spiro atoms. The molecule has 0 radical (unpaired) electrons. The highest BCUT2D eigenvalue weighted by atomic mass is 16.7. The largest absolute Gasteiger partial charge is 0.388 e. The second kappa shape index (κ2) is 10.6. The van der Waals surface area contributed by atoms with E-state index in [-0.39, 0.29) is 30.0 Å². The standard InChI is InChI=1S/C22H38N4O6/c1-12(2)11-23-16-9-10-26(22(29)24-16)17-8-7-15(13(3)30-17)32-21-20(28)19(27)18(25(5)6)14(4)31-21/h9-10,12-15,17-21,27-28H,7-8,11H2,1-6H3,(H,23,24,29). The molecule has 0 saturated carbocycles. The minimum absolute atomic E-state index is 0.312. The molecule has 1 aromatic rings. The molecule has 0 amide bonds. The van der Waals surface area contributed by atoms with Gasteiger partial charge in [0.05, 0.1) is 24.4 Å². The Balaban J connectivity index is 1.59. The van der Waals surface area contributed by atoms with E-state index in [9.17, 15) is 15.0 Å². The fraction of sp³-hybridized carbons (Fsp3) is 0.818. The van der Waals surface area contributed by atoms with Gasteiger partial charge >= 0.3 is 5.69 Å². The fourth-order valence-electron chi connectivity index (χ4n) is 4.39. The van der Waals surface area contributed by atoms with Crippen LogP contribution >= 0.6 is 0 Å². The molecule has 8 unspecified atom stereocenters. The number of ether oxygens (including phenoxy) is 3. The monoisotopic (exact) mass is 454 g/mol. The van der Waals surface area contributed by atoms with Crippen molar-refractivity contribution >= 4 is 5.82 Å². The summed E-state index contributed by atoms with van der Waals surface area (Å²) in [5.74, 6) is 1.00. The van der Waals surface area contributed by atoms with Gasteiger partial charge in [-0.25, -0.2) is 4.79 Å². The van der Waals surface area contributed by atoms with Crippen LogP contribution in [0.15, 0.2) is 17.1 Å². The zero-order valence-electron chi connectivity index (χ0n) is 19.8. The highest BCUT2D eigenvalue weighted by molar-refractivity contribution is 5.31. The van der Waals surface area contributed by atoms with Crippen molar-refractivity contribution < 1.29 is 24.4 Å². The summed E-state index contributed by atoms with van der Waals surface area (Å²) >= 11 is 0. The lowest BCUT2D eigenvalue weighted by Crippen LogP contribution is -2.62. The molecule has 2 fully saturated rings. The third-order valence-electron chi connectivity index (χ3n) is 6.14. The van der Waals surface area contributed by atoms with Gasteiger partial charge in [-0.1, -0.05) is 13.8 Å². The molecule has 0 aliphatic carbocycles. The van der Waals surface area contributed by atoms with E-state index in [0.717, 1.165) is 6.54 Å². The predicted molar refractivity (Wildman–Crippen MR) is 119 cm³/mol. The quantitative estimate of drug-likeness (QED) is 0.549. The van der Waals surface area contributed by atoms with E-state index in [2.05, 4.69) is 24.1 Å². The summed E-state index contributed by atoms with van der Waals surface area (Å²) in [5.41, 5.74) is -0.368. The van der Waals surface area contributed by atoms with Gasteiger partial charge in [-0.2, -0.15) is 4.98 Å². The molecular formula is C22H38N4O6. The van der Waals surface area contributed by atoms with Crippen LogP contribution in [0.2, 0.25) is 0 Å². The van der Waals surface area contributed by atoms with Crippen LogP contribution in [0.1, 0.15) is 46.8 Å². The van der Waals surface area contributed by atoms with E-state index >= 15 is 0 Å². The van der Waals surface area contributed by atoms with Crippen LogP contribution in [0.5, 0.6) is 0 Å². The Morgan fingerprint density at radius 2 is 1.94 bits per heavy atom. The van der Waals surface area contributed by atoms with Gasteiger partial charge in [0.25, 0.3) is 0 Å². The van der Waals surface area contributed by atoms with Crippen LogP contribution in [-0.4, -0.2) is 88.2 Å². The molecule has 3 heterocycles. The average molecular weight is 455 g/mol. The van der Waals surface area contributed by atoms with Gasteiger partial charge in [-0.3, -0.25) is 4.57 Å². The number of likely N-dealkylation sites (N-methyl/N-ethyl adjacent to an activating group) is 1. The van der Waals surface area contributed by atoms with E-state index in [0.29, 0.717) is 24.6 Å². The third-order valence-corrected chi connectivity index (χ3v) is 6.14. The van der Waals surface area contributed by atoms with Gasteiger partial charge in [-0.05, 0) is 52.8 Å². The van der Waals surface area contributed by atoms with Crippen molar-refractivity contribution in [1.82, 2.24) is 14.5 Å². The first-order valence-corrected chi connectivity index (χ1v) is 11.4. The number of anilines is 1. The molecule has 2 aliphatic heterocycles. The Bertz CT molecular complexity index is 803. The topological polar surface area (TPSA) is 118 Å². The Morgan fingerprint density at radius 3 is 2.53 bits per heavy atom. The predicted octanol–water partition coefficient (Wildman–Crippen LogP) is 0.791. The molecule has 32 heavy (non-hydrogen) atoms. The number of aliphatic hydroxyl groups is 2. The lowest BCUT2D eigenvalue weighted by atomic mass is 9.96. The maximum Gasteiger partial charge on any atom is 0.351 e. The zero-order valence-corrected chi connectivity index (χ0v) is 19.8. The van der Waals surface area contributed by atoms with E-state index in [1.54, 1.807) is 12.3 Å². The first-order chi connectivity index (χ1) is 15.1. The molecule has 1 aromatic heterocycles. The molecule has 10 heteroatoms. The van der Waals surface area contributed by atoms with Gasteiger partial charge in [-0.15, -0.1) is 0 Å². The minimum atomic E-state index is -1.17. The molecule has 3 N–H and O–H groups in total. The summed E-state index contributed by atoms with van der Waals surface area (Å²) in [5, 5.41) is 24.2. The number of hydrogen-bond donors (Lipinski definition) is 3. The summed E-state index contributed by atoms with van der Waals surface area (Å²) in [7, 11) is 3.67. The van der Waals surface area contributed by atoms with Gasteiger partial charge in [0.2, 0.25) is 0 Å². The number of hydrogen-bond acceptors (Lipinski definition) is 9. The number of rotatable bonds is 7. The summed E-state index contributed by atoms with van der Waals surface area (Å²) in [6, 6.07) is 1.45. The van der Waals surface area contributed by atoms with Crippen molar-refractivity contribution in [2.24, 2.45) is 5.92 Å². The number of nitrogens with one attached hydrogen (secondary N) is 1. The van der Waals surface area contributed by atoms with Crippen LogP contribution in [0.25, 0.3) is 0 Å². The van der Waals surface area contributed by atoms with E-state index in [4.69, 9.17) is 14.2 Å². The van der Waals surface area contributed by atoms with Crippen LogP contribution in [0.3, 0.4) is 0 Å². The molecule has 8 atom stereocenters. The van der Waals surface area contributed by atoms with Gasteiger partial charge in [0.1, 0.15) is 24.3 Å². The second-order valence-electron chi connectivity index (χ2n) is 9.47. The summed E-state index contributed by atoms with van der Waals surface area (Å²) in [4.78, 5) is 18.4. The fourth-order valence-corrected chi connectivity index (χ4v) is 4.39. The average Bonchev–Trinajstić information content (AvgIpc) is 2.71. The number of aromatic nitrogens is 2. The summed E-state index contributed by atoms with van der Waals surface area (Å²) < 4.78 is 19.5. The van der Waals surface area contributed by atoms with E-state index in [1.165, 1.54) is 4.57 Å². The van der Waals surface area contributed by atoms with Crippen LogP contribution in [-0.2, 0) is 14.2 Å². The third kappa shape index (κ3) is 5.67. The van der Waals surface area contributed by atoms with Gasteiger partial charge < -0.3 is 34.6 Å². The Labute approximate surface area is 189 Å². The molecule has 0 bridgehead atoms. The highest BCUT2D eigenvalue weighted by Gasteiger charge is 2.46. The Morgan fingerprint density at radius 1 is 1.22 bits per heavy atom. The highest BCUT2D eigenvalue weighted by Crippen LogP contribution is 2.32. The number of aliphatic hydroxyl groups excluding tert-OH is 2. The summed E-state index contributed by atoms with van der Waals surface area (Å²) in [6.07, 6.45) is -1.66. The minimum Gasteiger partial charge on any atom is -0.388 e. The van der Waals surface area contributed by atoms with Crippen LogP contribution in [0, 0.1) is 5.92 Å². The summed E-state index contributed by atoms with van der Waals surface area (Å²) in [6.45, 7) is 8.63. The van der Waals surface area contributed by atoms with Crippen molar-refractivity contribution in [2.75, 3.05) is 26.0 Å². The number of nitrogens with zero attached hydrogens (tertiary/aromatic N) is 3. The maximum absolute atomic E-state index is 12.5. The van der Waals surface area contributed by atoms with Crippen molar-refractivity contribution in [3.63, 3.8) is 0 Å².